The standard InChI is InChI=1S/C21H32N4O/c1-3-24(4-2)15-21-22-19-9-8-18(14-20(19)23-21)26-17-10-12-25(13-11-17)16-6-5-7-16/h8-9,14,16-17H,3-7,10-13,15H2,1-2H3,(H,22,23). The summed E-state index contributed by atoms with van der Waals surface area (Å²) in [7, 11) is 0. The lowest BCUT2D eigenvalue weighted by atomic mass is 9.90. The minimum absolute atomic E-state index is 0.349. The van der Waals surface area contributed by atoms with Crippen molar-refractivity contribution in [2.24, 2.45) is 0 Å². The summed E-state index contributed by atoms with van der Waals surface area (Å²) in [5.41, 5.74) is 2.11. The summed E-state index contributed by atoms with van der Waals surface area (Å²) in [6.45, 7) is 9.72. The number of hydrogen-bond donors (Lipinski definition) is 1. The predicted molar refractivity (Wildman–Crippen MR) is 106 cm³/mol. The Morgan fingerprint density at radius 1 is 1.15 bits per heavy atom. The van der Waals surface area contributed by atoms with Crippen molar-refractivity contribution in [3.63, 3.8) is 0 Å². The summed E-state index contributed by atoms with van der Waals surface area (Å²) >= 11 is 0. The number of piperidine rings is 1. The molecule has 1 saturated carbocycles. The van der Waals surface area contributed by atoms with E-state index in [2.05, 4.69) is 46.8 Å². The molecule has 1 aliphatic heterocycles. The monoisotopic (exact) mass is 356 g/mol. The van der Waals surface area contributed by atoms with E-state index in [1.54, 1.807) is 0 Å². The summed E-state index contributed by atoms with van der Waals surface area (Å²) in [6, 6.07) is 7.13. The van der Waals surface area contributed by atoms with Crippen LogP contribution in [-0.2, 0) is 6.54 Å². The van der Waals surface area contributed by atoms with Crippen LogP contribution in [0.2, 0.25) is 0 Å². The van der Waals surface area contributed by atoms with Gasteiger partial charge in [0.2, 0.25) is 0 Å². The number of likely N-dealkylation sites (tertiary alicyclic amines) is 1. The summed E-state index contributed by atoms with van der Waals surface area (Å²) < 4.78 is 6.29. The van der Waals surface area contributed by atoms with E-state index in [-0.39, 0.29) is 0 Å². The van der Waals surface area contributed by atoms with E-state index in [9.17, 15) is 0 Å². The first-order chi connectivity index (χ1) is 12.7. The van der Waals surface area contributed by atoms with Gasteiger partial charge in [-0.3, -0.25) is 4.90 Å². The largest absolute Gasteiger partial charge is 0.490 e. The number of aromatic nitrogens is 2. The van der Waals surface area contributed by atoms with Crippen molar-refractivity contribution >= 4 is 11.0 Å². The molecule has 0 amide bonds. The van der Waals surface area contributed by atoms with Crippen molar-refractivity contribution < 1.29 is 4.74 Å². The first kappa shape index (κ1) is 17.8. The van der Waals surface area contributed by atoms with Gasteiger partial charge in [-0.05, 0) is 50.9 Å². The molecule has 0 spiro atoms. The number of aromatic amines is 1. The third-order valence-electron chi connectivity index (χ3n) is 6.14. The molecule has 0 unspecified atom stereocenters. The molecule has 5 nitrogen and oxygen atoms in total. The van der Waals surface area contributed by atoms with Crippen LogP contribution in [0.1, 0.15) is 51.8 Å². The lowest BCUT2D eigenvalue weighted by molar-refractivity contribution is 0.0494. The predicted octanol–water partition coefficient (Wildman–Crippen LogP) is 3.80. The third kappa shape index (κ3) is 3.89. The van der Waals surface area contributed by atoms with Gasteiger partial charge in [-0.2, -0.15) is 0 Å². The molecule has 2 fully saturated rings. The van der Waals surface area contributed by atoms with Crippen LogP contribution in [0.5, 0.6) is 5.75 Å². The van der Waals surface area contributed by atoms with Crippen LogP contribution >= 0.6 is 0 Å². The first-order valence-electron chi connectivity index (χ1n) is 10.4. The minimum atomic E-state index is 0.349. The van der Waals surface area contributed by atoms with Crippen LogP contribution in [0.3, 0.4) is 0 Å². The summed E-state index contributed by atoms with van der Waals surface area (Å²) in [5.74, 6) is 2.01. The zero-order chi connectivity index (χ0) is 17.9. The van der Waals surface area contributed by atoms with Gasteiger partial charge >= 0.3 is 0 Å². The van der Waals surface area contributed by atoms with E-state index in [4.69, 9.17) is 9.72 Å². The number of ether oxygens (including phenoxy) is 1. The average molecular weight is 357 g/mol. The molecule has 0 radical (unpaired) electrons. The van der Waals surface area contributed by atoms with Gasteiger partial charge in [0.1, 0.15) is 17.7 Å². The smallest absolute Gasteiger partial charge is 0.121 e. The Balaban J connectivity index is 1.36. The lowest BCUT2D eigenvalue weighted by Gasteiger charge is -2.41. The molecular formula is C21H32N4O. The number of imidazole rings is 1. The first-order valence-corrected chi connectivity index (χ1v) is 10.4. The van der Waals surface area contributed by atoms with Crippen LogP contribution in [0.25, 0.3) is 11.0 Å². The Kier molecular flexibility index (Phi) is 5.46. The second-order valence-corrected chi connectivity index (χ2v) is 7.76. The topological polar surface area (TPSA) is 44.4 Å². The van der Waals surface area contributed by atoms with Crippen LogP contribution in [0.15, 0.2) is 18.2 Å². The van der Waals surface area contributed by atoms with Gasteiger partial charge in [-0.1, -0.05) is 20.3 Å². The molecule has 2 heterocycles. The van der Waals surface area contributed by atoms with E-state index < -0.39 is 0 Å². The molecule has 4 rings (SSSR count). The molecule has 1 aromatic heterocycles. The molecule has 26 heavy (non-hydrogen) atoms. The highest BCUT2D eigenvalue weighted by molar-refractivity contribution is 5.76. The SMILES string of the molecule is CCN(CC)Cc1nc2ccc(OC3CCN(C4CCC4)CC3)cc2[nH]1. The summed E-state index contributed by atoms with van der Waals surface area (Å²) in [5, 5.41) is 0. The van der Waals surface area contributed by atoms with Crippen LogP contribution < -0.4 is 4.74 Å². The van der Waals surface area contributed by atoms with Crippen molar-refractivity contribution in [3.8, 4) is 5.75 Å². The van der Waals surface area contributed by atoms with Crippen molar-refractivity contribution in [2.45, 2.75) is 64.6 Å². The number of fused-ring (bicyclic) bond motifs is 1. The van der Waals surface area contributed by atoms with E-state index in [0.717, 1.165) is 61.1 Å². The zero-order valence-corrected chi connectivity index (χ0v) is 16.2. The molecule has 1 N–H and O–H groups in total. The second-order valence-electron chi connectivity index (χ2n) is 7.76. The summed E-state index contributed by atoms with van der Waals surface area (Å²) in [4.78, 5) is 13.2. The Morgan fingerprint density at radius 3 is 2.58 bits per heavy atom. The average Bonchev–Trinajstić information content (AvgIpc) is 3.01. The molecule has 0 atom stereocenters. The fraction of sp³-hybridized carbons (Fsp3) is 0.667. The quantitative estimate of drug-likeness (QED) is 0.819. The molecular weight excluding hydrogens is 324 g/mol. The number of rotatable bonds is 7. The molecule has 1 saturated heterocycles. The van der Waals surface area contributed by atoms with E-state index in [1.807, 2.05) is 0 Å². The van der Waals surface area contributed by atoms with Crippen LogP contribution in [0.4, 0.5) is 0 Å². The number of H-pyrrole nitrogens is 1. The van der Waals surface area contributed by atoms with E-state index in [0.29, 0.717) is 6.10 Å². The maximum Gasteiger partial charge on any atom is 0.121 e. The van der Waals surface area contributed by atoms with Gasteiger partial charge in [-0.25, -0.2) is 4.98 Å². The zero-order valence-electron chi connectivity index (χ0n) is 16.2. The highest BCUT2D eigenvalue weighted by atomic mass is 16.5. The Labute approximate surface area is 156 Å². The Hall–Kier alpha value is -1.59. The van der Waals surface area contributed by atoms with Crippen molar-refractivity contribution in [3.05, 3.63) is 24.0 Å². The summed E-state index contributed by atoms with van der Waals surface area (Å²) in [6.07, 6.45) is 6.86. The van der Waals surface area contributed by atoms with Crippen molar-refractivity contribution in [2.75, 3.05) is 26.2 Å². The van der Waals surface area contributed by atoms with E-state index >= 15 is 0 Å². The van der Waals surface area contributed by atoms with Gasteiger partial charge in [0.15, 0.2) is 0 Å². The van der Waals surface area contributed by atoms with Gasteiger partial charge < -0.3 is 14.6 Å². The maximum atomic E-state index is 6.29. The van der Waals surface area contributed by atoms with Gasteiger partial charge in [0, 0.05) is 25.2 Å². The van der Waals surface area contributed by atoms with Crippen molar-refractivity contribution in [1.82, 2.24) is 19.8 Å². The Morgan fingerprint density at radius 2 is 1.92 bits per heavy atom. The molecule has 1 aromatic carbocycles. The highest BCUT2D eigenvalue weighted by Crippen LogP contribution is 2.29. The molecule has 5 heteroatoms. The molecule has 1 aliphatic carbocycles. The number of nitrogens with zero attached hydrogens (tertiary/aromatic N) is 3. The molecule has 2 aromatic rings. The minimum Gasteiger partial charge on any atom is -0.490 e. The fourth-order valence-corrected chi connectivity index (χ4v) is 4.15. The van der Waals surface area contributed by atoms with Gasteiger partial charge in [0.05, 0.1) is 17.6 Å². The normalized spacial score (nSPS) is 20.0. The second kappa shape index (κ2) is 7.97. The fourth-order valence-electron chi connectivity index (χ4n) is 4.15. The molecule has 2 aliphatic rings. The Bertz CT molecular complexity index is 712. The highest BCUT2D eigenvalue weighted by Gasteiger charge is 2.29. The van der Waals surface area contributed by atoms with E-state index in [1.165, 1.54) is 32.4 Å². The molecule has 142 valence electrons. The number of nitrogens with one attached hydrogen (secondary N) is 1. The van der Waals surface area contributed by atoms with Crippen LogP contribution in [-0.4, -0.2) is 58.1 Å². The van der Waals surface area contributed by atoms with Gasteiger partial charge in [0.25, 0.3) is 0 Å². The van der Waals surface area contributed by atoms with Crippen molar-refractivity contribution in [1.29, 1.82) is 0 Å². The third-order valence-corrected chi connectivity index (χ3v) is 6.14. The van der Waals surface area contributed by atoms with Gasteiger partial charge in [-0.15, -0.1) is 0 Å². The lowest BCUT2D eigenvalue weighted by Crippen LogP contribution is -2.46. The maximum absolute atomic E-state index is 6.29. The molecule has 0 bridgehead atoms. The number of hydrogen-bond acceptors (Lipinski definition) is 4. The number of benzene rings is 1. The van der Waals surface area contributed by atoms with Crippen LogP contribution in [0, 0.1) is 0 Å².